The van der Waals surface area contributed by atoms with E-state index in [0.717, 1.165) is 5.69 Å². The quantitative estimate of drug-likeness (QED) is 0.242. The Morgan fingerprint density at radius 3 is 2.44 bits per heavy atom. The van der Waals surface area contributed by atoms with Crippen LogP contribution in [0.1, 0.15) is 19.0 Å². The van der Waals surface area contributed by atoms with Gasteiger partial charge in [0.15, 0.2) is 5.82 Å². The zero-order chi connectivity index (χ0) is 28.2. The normalized spacial score (nSPS) is 18.5. The highest BCUT2D eigenvalue weighted by molar-refractivity contribution is 5.95. The van der Waals surface area contributed by atoms with Crippen molar-refractivity contribution in [2.75, 3.05) is 23.8 Å². The van der Waals surface area contributed by atoms with Gasteiger partial charge < -0.3 is 25.1 Å². The summed E-state index contributed by atoms with van der Waals surface area (Å²) in [5.74, 6) is 0.194. The number of ether oxygens (including phenoxy) is 2. The maximum absolute atomic E-state index is 13.7. The minimum absolute atomic E-state index is 0.116. The minimum atomic E-state index is -0.902. The molecule has 0 bridgehead atoms. The van der Waals surface area contributed by atoms with E-state index in [4.69, 9.17) is 14.5 Å². The fraction of sp³-hybridized carbons (Fsp3) is 0.167. The van der Waals surface area contributed by atoms with E-state index in [1.807, 2.05) is 36.4 Å². The van der Waals surface area contributed by atoms with Crippen molar-refractivity contribution >= 4 is 23.2 Å². The second kappa shape index (κ2) is 11.2. The van der Waals surface area contributed by atoms with Crippen LogP contribution in [0.25, 0.3) is 22.6 Å². The first-order valence-corrected chi connectivity index (χ1v) is 12.9. The molecule has 206 valence electrons. The van der Waals surface area contributed by atoms with Gasteiger partial charge in [-0.15, -0.1) is 0 Å². The van der Waals surface area contributed by atoms with E-state index >= 15 is 0 Å². The lowest BCUT2D eigenvalue weighted by molar-refractivity contribution is -0.229. The molecule has 41 heavy (non-hydrogen) atoms. The highest BCUT2D eigenvalue weighted by Gasteiger charge is 2.41. The fourth-order valence-corrected chi connectivity index (χ4v) is 4.33. The summed E-state index contributed by atoms with van der Waals surface area (Å²) in [7, 11) is 0. The predicted octanol–water partition coefficient (Wildman–Crippen LogP) is 5.50. The van der Waals surface area contributed by atoms with Gasteiger partial charge in [0.05, 0.1) is 47.6 Å². The number of para-hydroxylation sites is 1. The molecule has 0 saturated carbocycles. The predicted molar refractivity (Wildman–Crippen MR) is 150 cm³/mol. The third-order valence-electron chi connectivity index (χ3n) is 6.58. The minimum Gasteiger partial charge on any atom is -0.345 e. The number of aromatic amines is 1. The number of aromatic nitrogens is 5. The van der Waals surface area contributed by atoms with Crippen LogP contribution in [0.5, 0.6) is 0 Å². The topological polar surface area (TPSA) is 127 Å². The van der Waals surface area contributed by atoms with Crippen LogP contribution in [0.15, 0.2) is 91.4 Å². The maximum atomic E-state index is 13.7. The number of amides is 1. The Balaban J connectivity index is 1.26. The molecule has 0 spiro atoms. The highest BCUT2D eigenvalue weighted by Crippen LogP contribution is 2.36. The third-order valence-corrected chi connectivity index (χ3v) is 6.58. The van der Waals surface area contributed by atoms with Gasteiger partial charge in [-0.3, -0.25) is 9.78 Å². The Kier molecular flexibility index (Phi) is 7.19. The molecule has 2 aromatic carbocycles. The molecular formula is C30H26FN7O3. The van der Waals surface area contributed by atoms with Crippen LogP contribution < -0.4 is 10.6 Å². The molecule has 10 nitrogen and oxygen atoms in total. The zero-order valence-electron chi connectivity index (χ0n) is 22.0. The molecule has 6 rings (SSSR count). The maximum Gasteiger partial charge on any atom is 0.234 e. The summed E-state index contributed by atoms with van der Waals surface area (Å²) >= 11 is 0. The number of rotatable bonds is 7. The van der Waals surface area contributed by atoms with Crippen molar-refractivity contribution in [3.8, 4) is 22.6 Å². The lowest BCUT2D eigenvalue weighted by Gasteiger charge is -2.35. The molecule has 1 amide bonds. The molecule has 1 saturated heterocycles. The number of hydrogen-bond acceptors (Lipinski definition) is 8. The Labute approximate surface area is 235 Å². The van der Waals surface area contributed by atoms with E-state index in [1.165, 1.54) is 12.1 Å². The second-order valence-electron chi connectivity index (χ2n) is 9.82. The van der Waals surface area contributed by atoms with Gasteiger partial charge in [-0.2, -0.15) is 0 Å². The van der Waals surface area contributed by atoms with Crippen molar-refractivity contribution in [2.24, 2.45) is 5.41 Å². The van der Waals surface area contributed by atoms with Gasteiger partial charge in [0.1, 0.15) is 5.82 Å². The Bertz CT molecular complexity index is 1640. The number of anilines is 3. The second-order valence-corrected chi connectivity index (χ2v) is 9.82. The van der Waals surface area contributed by atoms with Crippen molar-refractivity contribution in [2.45, 2.75) is 13.2 Å². The van der Waals surface area contributed by atoms with Gasteiger partial charge in [0.2, 0.25) is 18.1 Å². The molecule has 1 aliphatic heterocycles. The van der Waals surface area contributed by atoms with Crippen LogP contribution in [0, 0.1) is 11.2 Å². The van der Waals surface area contributed by atoms with Crippen molar-refractivity contribution in [1.29, 1.82) is 0 Å². The van der Waals surface area contributed by atoms with Crippen LogP contribution in [0.2, 0.25) is 0 Å². The van der Waals surface area contributed by atoms with E-state index in [9.17, 15) is 9.18 Å². The summed E-state index contributed by atoms with van der Waals surface area (Å²) in [6, 6.07) is 20.6. The molecule has 5 aromatic rings. The van der Waals surface area contributed by atoms with Crippen molar-refractivity contribution in [3.63, 3.8) is 0 Å². The molecule has 4 heterocycles. The number of pyridine rings is 1. The van der Waals surface area contributed by atoms with Crippen LogP contribution >= 0.6 is 0 Å². The Morgan fingerprint density at radius 1 is 0.951 bits per heavy atom. The number of hydrogen-bond donors (Lipinski definition) is 3. The number of carbonyl (C=O) groups excluding carboxylic acids is 1. The van der Waals surface area contributed by atoms with Gasteiger partial charge in [0.25, 0.3) is 0 Å². The van der Waals surface area contributed by atoms with Gasteiger partial charge in [-0.25, -0.2) is 19.3 Å². The van der Waals surface area contributed by atoms with Gasteiger partial charge in [0, 0.05) is 23.6 Å². The average Bonchev–Trinajstić information content (AvgIpc) is 3.45. The van der Waals surface area contributed by atoms with E-state index in [-0.39, 0.29) is 24.9 Å². The standard InChI is InChI=1S/C30H26FN7O3/c1-30(28(39)34-21-6-3-2-4-7-21)17-40-27(41-18-30)26-37-24(19-9-11-20(31)12-10-19)25(38-26)23-13-15-33-29(36-23)35-22-8-5-14-32-16-22/h2-16,27H,17-18H2,1H3,(H,34,39)(H,37,38)(H,33,35,36). The van der Waals surface area contributed by atoms with Gasteiger partial charge >= 0.3 is 0 Å². The van der Waals surface area contributed by atoms with Crippen molar-refractivity contribution in [1.82, 2.24) is 24.9 Å². The first-order valence-electron chi connectivity index (χ1n) is 12.9. The largest absolute Gasteiger partial charge is 0.345 e. The van der Waals surface area contributed by atoms with E-state index in [1.54, 1.807) is 49.8 Å². The summed E-state index contributed by atoms with van der Waals surface area (Å²) in [5, 5.41) is 6.05. The lowest BCUT2D eigenvalue weighted by atomic mass is 9.91. The van der Waals surface area contributed by atoms with Crippen molar-refractivity contribution in [3.05, 3.63) is 103 Å². The number of carbonyl (C=O) groups is 1. The molecule has 11 heteroatoms. The molecule has 1 fully saturated rings. The number of benzene rings is 2. The summed E-state index contributed by atoms with van der Waals surface area (Å²) in [6.07, 6.45) is 4.12. The fourth-order valence-electron chi connectivity index (χ4n) is 4.33. The number of nitrogens with zero attached hydrogens (tertiary/aromatic N) is 4. The van der Waals surface area contributed by atoms with Gasteiger partial charge in [-0.1, -0.05) is 18.2 Å². The lowest BCUT2D eigenvalue weighted by Crippen LogP contribution is -2.45. The molecular weight excluding hydrogens is 525 g/mol. The van der Waals surface area contributed by atoms with E-state index < -0.39 is 11.7 Å². The zero-order valence-corrected chi connectivity index (χ0v) is 22.0. The average molecular weight is 552 g/mol. The van der Waals surface area contributed by atoms with Crippen LogP contribution in [-0.2, 0) is 14.3 Å². The first-order chi connectivity index (χ1) is 20.0. The number of imidazole rings is 1. The first kappa shape index (κ1) is 26.2. The number of halogens is 1. The summed E-state index contributed by atoms with van der Waals surface area (Å²) in [4.78, 5) is 34.1. The van der Waals surface area contributed by atoms with Crippen LogP contribution in [0.4, 0.5) is 21.7 Å². The Hall–Kier alpha value is -5.00. The van der Waals surface area contributed by atoms with E-state index in [0.29, 0.717) is 40.1 Å². The van der Waals surface area contributed by atoms with Crippen LogP contribution in [0.3, 0.4) is 0 Å². The molecule has 0 radical (unpaired) electrons. The molecule has 3 N–H and O–H groups in total. The highest BCUT2D eigenvalue weighted by atomic mass is 19.1. The summed E-state index contributed by atoms with van der Waals surface area (Å²) < 4.78 is 25.7. The molecule has 0 aliphatic carbocycles. The SMILES string of the molecule is CC1(C(=O)Nc2ccccc2)COC(c2nc(-c3ccc(F)cc3)c(-c3ccnc(Nc4cccnc4)n3)[nH]2)OC1. The Morgan fingerprint density at radius 2 is 1.71 bits per heavy atom. The molecule has 1 aliphatic rings. The third kappa shape index (κ3) is 5.81. The molecule has 0 unspecified atom stereocenters. The van der Waals surface area contributed by atoms with E-state index in [2.05, 4.69) is 30.6 Å². The van der Waals surface area contributed by atoms with Crippen LogP contribution in [-0.4, -0.2) is 44.0 Å². The molecule has 0 atom stereocenters. The summed E-state index contributed by atoms with van der Waals surface area (Å²) in [5.41, 5.74) is 2.86. The monoisotopic (exact) mass is 551 g/mol. The smallest absolute Gasteiger partial charge is 0.234 e. The number of nitrogens with one attached hydrogen (secondary N) is 3. The number of H-pyrrole nitrogens is 1. The van der Waals surface area contributed by atoms with Gasteiger partial charge in [-0.05, 0) is 61.5 Å². The van der Waals surface area contributed by atoms with Crippen molar-refractivity contribution < 1.29 is 18.7 Å². The molecule has 3 aromatic heterocycles. The summed E-state index contributed by atoms with van der Waals surface area (Å²) in [6.45, 7) is 2.02.